The number of nitrogens with zero attached hydrogens (tertiary/aromatic N) is 1. The van der Waals surface area contributed by atoms with Crippen molar-refractivity contribution in [3.8, 4) is 0 Å². The van der Waals surface area contributed by atoms with Gasteiger partial charge in [-0.25, -0.2) is 8.78 Å². The third kappa shape index (κ3) is 3.15. The molecule has 29 heavy (non-hydrogen) atoms. The maximum absolute atomic E-state index is 13.7. The van der Waals surface area contributed by atoms with Crippen molar-refractivity contribution >= 4 is 5.91 Å². The summed E-state index contributed by atoms with van der Waals surface area (Å²) in [6.45, 7) is 2.00. The maximum atomic E-state index is 13.7. The number of carbonyl (C=O) groups excluding carboxylic acids is 1. The zero-order valence-corrected chi connectivity index (χ0v) is 16.2. The van der Waals surface area contributed by atoms with Crippen LogP contribution in [0.25, 0.3) is 0 Å². The number of amides is 1. The average Bonchev–Trinajstić information content (AvgIpc) is 3.20. The molecule has 152 valence electrons. The summed E-state index contributed by atoms with van der Waals surface area (Å²) >= 11 is 0. The van der Waals surface area contributed by atoms with Crippen LogP contribution in [-0.4, -0.2) is 28.7 Å². The minimum absolute atomic E-state index is 0.0424. The summed E-state index contributed by atoms with van der Waals surface area (Å²) in [5.74, 6) is -1.34. The number of ether oxygens (including phenoxy) is 2. The molecule has 3 aliphatic rings. The van der Waals surface area contributed by atoms with Gasteiger partial charge < -0.3 is 14.4 Å². The first-order valence-corrected chi connectivity index (χ1v) is 10.1. The second kappa shape index (κ2) is 6.89. The summed E-state index contributed by atoms with van der Waals surface area (Å²) in [4.78, 5) is 14.9. The molecular weight excluding hydrogens is 376 g/mol. The molecule has 4 nitrogen and oxygen atoms in total. The minimum Gasteiger partial charge on any atom is -0.370 e. The van der Waals surface area contributed by atoms with E-state index in [4.69, 9.17) is 9.47 Å². The van der Waals surface area contributed by atoms with Crippen LogP contribution in [0.5, 0.6) is 0 Å². The van der Waals surface area contributed by atoms with Gasteiger partial charge >= 0.3 is 0 Å². The van der Waals surface area contributed by atoms with E-state index < -0.39 is 17.2 Å². The molecule has 1 unspecified atom stereocenters. The van der Waals surface area contributed by atoms with E-state index in [1.807, 2.05) is 37.3 Å². The monoisotopic (exact) mass is 399 g/mol. The average molecular weight is 399 g/mol. The van der Waals surface area contributed by atoms with Crippen LogP contribution in [0.1, 0.15) is 55.9 Å². The molecule has 0 bridgehead atoms. The van der Waals surface area contributed by atoms with Crippen molar-refractivity contribution in [2.24, 2.45) is 0 Å². The third-order valence-electron chi connectivity index (χ3n) is 6.37. The second-order valence-electron chi connectivity index (χ2n) is 8.29. The molecular formula is C23H23F2NO3. The van der Waals surface area contributed by atoms with E-state index in [9.17, 15) is 13.6 Å². The van der Waals surface area contributed by atoms with Gasteiger partial charge in [-0.1, -0.05) is 30.3 Å². The van der Waals surface area contributed by atoms with E-state index in [0.29, 0.717) is 31.2 Å². The summed E-state index contributed by atoms with van der Waals surface area (Å²) in [7, 11) is 0. The van der Waals surface area contributed by atoms with Gasteiger partial charge in [0, 0.05) is 18.9 Å². The van der Waals surface area contributed by atoms with Crippen molar-refractivity contribution < 1.29 is 23.0 Å². The van der Waals surface area contributed by atoms with E-state index in [2.05, 4.69) is 0 Å². The van der Waals surface area contributed by atoms with Gasteiger partial charge in [-0.15, -0.1) is 0 Å². The lowest BCUT2D eigenvalue weighted by atomic mass is 9.76. The van der Waals surface area contributed by atoms with Crippen LogP contribution in [-0.2, 0) is 14.3 Å². The molecule has 2 aromatic rings. The normalized spacial score (nSPS) is 31.8. The highest BCUT2D eigenvalue weighted by molar-refractivity contribution is 5.89. The summed E-state index contributed by atoms with van der Waals surface area (Å²) in [6, 6.07) is 13.1. The first-order valence-electron chi connectivity index (χ1n) is 10.1. The minimum atomic E-state index is -0.851. The molecule has 3 atom stereocenters. The van der Waals surface area contributed by atoms with Gasteiger partial charge in [0.05, 0.1) is 18.2 Å². The number of rotatable bonds is 4. The molecule has 2 heterocycles. The zero-order valence-electron chi connectivity index (χ0n) is 16.2. The molecule has 1 spiro atoms. The number of carbonyl (C=O) groups is 1. The SMILES string of the molecule is CC(OC1CC2(C1)O[C@@H]1CC[C@@H](c3cc(F)cc(F)c3)N1C2=O)c1ccccc1. The molecule has 6 heteroatoms. The molecule has 2 saturated heterocycles. The molecule has 2 aliphatic heterocycles. The van der Waals surface area contributed by atoms with Gasteiger partial charge in [-0.3, -0.25) is 4.79 Å². The molecule has 5 rings (SSSR count). The van der Waals surface area contributed by atoms with Crippen LogP contribution in [0.4, 0.5) is 8.78 Å². The Kier molecular flexibility index (Phi) is 4.44. The Balaban J connectivity index is 1.27. The Labute approximate surface area is 168 Å². The molecule has 0 aromatic heterocycles. The highest BCUT2D eigenvalue weighted by Crippen LogP contribution is 2.52. The second-order valence-corrected chi connectivity index (χ2v) is 8.29. The first kappa shape index (κ1) is 18.7. The van der Waals surface area contributed by atoms with Gasteiger partial charge in [0.2, 0.25) is 0 Å². The van der Waals surface area contributed by atoms with Crippen molar-refractivity contribution in [2.45, 2.75) is 62.7 Å². The first-order chi connectivity index (χ1) is 13.9. The number of fused-ring (bicyclic) bond motifs is 1. The van der Waals surface area contributed by atoms with E-state index in [-0.39, 0.29) is 30.4 Å². The van der Waals surface area contributed by atoms with Crippen LogP contribution in [0.2, 0.25) is 0 Å². The van der Waals surface area contributed by atoms with Gasteiger partial charge in [0.25, 0.3) is 5.91 Å². The highest BCUT2D eigenvalue weighted by atomic mass is 19.1. The Hall–Kier alpha value is -2.31. The predicted octanol–water partition coefficient (Wildman–Crippen LogP) is 4.66. The summed E-state index contributed by atoms with van der Waals surface area (Å²) in [6.07, 6.45) is 1.91. The number of hydrogen-bond donors (Lipinski definition) is 0. The van der Waals surface area contributed by atoms with Crippen molar-refractivity contribution in [3.05, 3.63) is 71.3 Å². The number of halogens is 2. The molecule has 1 aliphatic carbocycles. The molecule has 1 saturated carbocycles. The van der Waals surface area contributed by atoms with Crippen LogP contribution >= 0.6 is 0 Å². The Morgan fingerprint density at radius 1 is 1.10 bits per heavy atom. The fraction of sp³-hybridized carbons (Fsp3) is 0.435. The van der Waals surface area contributed by atoms with Crippen molar-refractivity contribution in [1.29, 1.82) is 0 Å². The van der Waals surface area contributed by atoms with E-state index in [1.165, 1.54) is 12.1 Å². The summed E-state index contributed by atoms with van der Waals surface area (Å²) in [5.41, 5.74) is 0.737. The van der Waals surface area contributed by atoms with E-state index in [1.54, 1.807) is 4.90 Å². The molecule has 1 amide bonds. The van der Waals surface area contributed by atoms with Crippen LogP contribution in [0.3, 0.4) is 0 Å². The molecule has 2 aromatic carbocycles. The molecule has 0 N–H and O–H groups in total. The van der Waals surface area contributed by atoms with Crippen molar-refractivity contribution in [1.82, 2.24) is 4.90 Å². The maximum Gasteiger partial charge on any atom is 0.257 e. The van der Waals surface area contributed by atoms with Crippen molar-refractivity contribution in [3.63, 3.8) is 0 Å². The largest absolute Gasteiger partial charge is 0.370 e. The Morgan fingerprint density at radius 3 is 2.48 bits per heavy atom. The molecule has 0 radical (unpaired) electrons. The smallest absolute Gasteiger partial charge is 0.257 e. The van der Waals surface area contributed by atoms with Crippen LogP contribution < -0.4 is 0 Å². The number of hydrogen-bond acceptors (Lipinski definition) is 3. The van der Waals surface area contributed by atoms with Gasteiger partial charge in [0.1, 0.15) is 17.9 Å². The fourth-order valence-corrected chi connectivity index (χ4v) is 4.94. The summed E-state index contributed by atoms with van der Waals surface area (Å²) < 4.78 is 39.6. The van der Waals surface area contributed by atoms with E-state index in [0.717, 1.165) is 11.6 Å². The topological polar surface area (TPSA) is 38.8 Å². The van der Waals surface area contributed by atoms with Gasteiger partial charge in [-0.2, -0.15) is 0 Å². The standard InChI is InChI=1S/C23H23F2NO3/c1-14(15-5-3-2-4-6-15)28-19-12-23(13-19)22(27)26-20(7-8-21(26)29-23)16-9-17(24)11-18(25)10-16/h2-6,9-11,14,19-21H,7-8,12-13H2,1H3/t14?,19?,20-,21+,23?/m0/s1. The Morgan fingerprint density at radius 2 is 1.79 bits per heavy atom. The lowest BCUT2D eigenvalue weighted by Crippen LogP contribution is -2.55. The van der Waals surface area contributed by atoms with Crippen LogP contribution in [0.15, 0.2) is 48.5 Å². The Bertz CT molecular complexity index is 909. The lowest BCUT2D eigenvalue weighted by Gasteiger charge is -2.43. The third-order valence-corrected chi connectivity index (χ3v) is 6.37. The van der Waals surface area contributed by atoms with Crippen molar-refractivity contribution in [2.75, 3.05) is 0 Å². The van der Waals surface area contributed by atoms with Crippen LogP contribution in [0, 0.1) is 11.6 Å². The predicted molar refractivity (Wildman–Crippen MR) is 102 cm³/mol. The quantitative estimate of drug-likeness (QED) is 0.750. The lowest BCUT2D eigenvalue weighted by molar-refractivity contribution is -0.184. The zero-order chi connectivity index (χ0) is 20.2. The summed E-state index contributed by atoms with van der Waals surface area (Å²) in [5, 5.41) is 0. The highest BCUT2D eigenvalue weighted by Gasteiger charge is 2.63. The van der Waals surface area contributed by atoms with Gasteiger partial charge in [0.15, 0.2) is 5.60 Å². The van der Waals surface area contributed by atoms with Gasteiger partial charge in [-0.05, 0) is 43.0 Å². The molecule has 3 fully saturated rings. The van der Waals surface area contributed by atoms with E-state index >= 15 is 0 Å². The fourth-order valence-electron chi connectivity index (χ4n) is 4.94. The number of benzene rings is 2.